The van der Waals surface area contributed by atoms with Crippen LogP contribution in [-0.2, 0) is 0 Å². The van der Waals surface area contributed by atoms with E-state index in [1.165, 1.54) is 18.1 Å². The summed E-state index contributed by atoms with van der Waals surface area (Å²) in [6.07, 6.45) is 1.26. The van der Waals surface area contributed by atoms with Crippen molar-refractivity contribution >= 4 is 52.2 Å². The van der Waals surface area contributed by atoms with Gasteiger partial charge in [-0.15, -0.1) is 0 Å². The normalized spacial score (nSPS) is 10.5. The second-order valence-corrected chi connectivity index (χ2v) is 6.70. The fourth-order valence-corrected chi connectivity index (χ4v) is 3.24. The fourth-order valence-electron chi connectivity index (χ4n) is 2.01. The third-order valence-electron chi connectivity index (χ3n) is 3.11. The average molecular weight is 393 g/mol. The van der Waals surface area contributed by atoms with Crippen LogP contribution in [-0.4, -0.2) is 14.9 Å². The van der Waals surface area contributed by atoms with Crippen LogP contribution in [0.4, 0.5) is 17.2 Å². The number of nitrogens with one attached hydrogen (secondary N) is 1. The van der Waals surface area contributed by atoms with Crippen LogP contribution in [0.2, 0.25) is 10.0 Å². The molecule has 0 saturated heterocycles. The van der Waals surface area contributed by atoms with E-state index >= 15 is 0 Å². The van der Waals surface area contributed by atoms with E-state index in [4.69, 9.17) is 23.2 Å². The SMILES string of the molecule is O=[N+]([O-])c1c(Nc2cc(Cl)ccc2Cl)ncnc1Sc1ccccc1. The molecule has 0 spiro atoms. The van der Waals surface area contributed by atoms with Crippen LogP contribution < -0.4 is 5.32 Å². The lowest BCUT2D eigenvalue weighted by Gasteiger charge is -2.10. The predicted molar refractivity (Wildman–Crippen MR) is 99.0 cm³/mol. The summed E-state index contributed by atoms with van der Waals surface area (Å²) < 4.78 is 0. The van der Waals surface area contributed by atoms with E-state index in [0.717, 1.165) is 4.90 Å². The van der Waals surface area contributed by atoms with Gasteiger partial charge in [-0.05, 0) is 30.3 Å². The smallest absolute Gasteiger partial charge is 0.333 e. The molecule has 9 heteroatoms. The Labute approximate surface area is 157 Å². The minimum absolute atomic E-state index is 0.0441. The monoisotopic (exact) mass is 392 g/mol. The van der Waals surface area contributed by atoms with Gasteiger partial charge in [-0.2, -0.15) is 0 Å². The van der Waals surface area contributed by atoms with Gasteiger partial charge in [0.25, 0.3) is 0 Å². The fraction of sp³-hybridized carbons (Fsp3) is 0. The minimum atomic E-state index is -0.522. The maximum Gasteiger partial charge on any atom is 0.343 e. The lowest BCUT2D eigenvalue weighted by molar-refractivity contribution is -0.387. The van der Waals surface area contributed by atoms with Crippen LogP contribution in [0.15, 0.2) is 64.8 Å². The number of halogens is 2. The van der Waals surface area contributed by atoms with E-state index in [2.05, 4.69) is 15.3 Å². The van der Waals surface area contributed by atoms with Crippen molar-refractivity contribution in [1.29, 1.82) is 0 Å². The first-order chi connectivity index (χ1) is 12.0. The van der Waals surface area contributed by atoms with Gasteiger partial charge in [-0.3, -0.25) is 10.1 Å². The first-order valence-corrected chi connectivity index (χ1v) is 8.56. The molecule has 0 saturated carbocycles. The summed E-state index contributed by atoms with van der Waals surface area (Å²) in [7, 11) is 0. The molecule has 0 aliphatic heterocycles. The highest BCUT2D eigenvalue weighted by Gasteiger charge is 2.24. The summed E-state index contributed by atoms with van der Waals surface area (Å²) in [6, 6.07) is 14.0. The molecule has 126 valence electrons. The van der Waals surface area contributed by atoms with Crippen molar-refractivity contribution in [3.63, 3.8) is 0 Å². The van der Waals surface area contributed by atoms with Gasteiger partial charge in [0.15, 0.2) is 5.03 Å². The van der Waals surface area contributed by atoms with Crippen molar-refractivity contribution < 1.29 is 4.92 Å². The number of aromatic nitrogens is 2. The number of benzene rings is 2. The second kappa shape index (κ2) is 7.69. The molecular weight excluding hydrogens is 383 g/mol. The van der Waals surface area contributed by atoms with Crippen molar-refractivity contribution in [1.82, 2.24) is 9.97 Å². The standard InChI is InChI=1S/C16H10Cl2N4O2S/c17-10-6-7-12(18)13(8-10)21-15-14(22(23)24)16(20-9-19-15)25-11-4-2-1-3-5-11/h1-9H,(H,19,20,21). The first-order valence-electron chi connectivity index (χ1n) is 6.99. The summed E-state index contributed by atoms with van der Waals surface area (Å²) in [5, 5.41) is 15.5. The summed E-state index contributed by atoms with van der Waals surface area (Å²) in [6.45, 7) is 0. The molecule has 0 fully saturated rings. The number of nitrogens with zero attached hydrogens (tertiary/aromatic N) is 3. The van der Waals surface area contributed by atoms with Crippen molar-refractivity contribution in [2.45, 2.75) is 9.92 Å². The molecule has 3 aromatic rings. The number of nitro groups is 1. The molecule has 0 bridgehead atoms. The van der Waals surface area contributed by atoms with Crippen molar-refractivity contribution in [3.8, 4) is 0 Å². The molecule has 6 nitrogen and oxygen atoms in total. The third-order valence-corrected chi connectivity index (χ3v) is 4.68. The predicted octanol–water partition coefficient (Wildman–Crippen LogP) is 5.59. The van der Waals surface area contributed by atoms with E-state index in [-0.39, 0.29) is 16.5 Å². The Morgan fingerprint density at radius 1 is 1.08 bits per heavy atom. The molecule has 0 radical (unpaired) electrons. The quantitative estimate of drug-likeness (QED) is 0.346. The van der Waals surface area contributed by atoms with E-state index in [9.17, 15) is 10.1 Å². The van der Waals surface area contributed by atoms with Crippen LogP contribution in [0.3, 0.4) is 0 Å². The average Bonchev–Trinajstić information content (AvgIpc) is 2.59. The van der Waals surface area contributed by atoms with E-state index < -0.39 is 4.92 Å². The Morgan fingerprint density at radius 3 is 2.56 bits per heavy atom. The summed E-state index contributed by atoms with van der Waals surface area (Å²) in [5.41, 5.74) is 0.194. The van der Waals surface area contributed by atoms with Crippen molar-refractivity contribution in [2.24, 2.45) is 0 Å². The van der Waals surface area contributed by atoms with Gasteiger partial charge in [0.2, 0.25) is 5.82 Å². The van der Waals surface area contributed by atoms with Gasteiger partial charge < -0.3 is 5.32 Å². The highest BCUT2D eigenvalue weighted by Crippen LogP contribution is 2.38. The zero-order chi connectivity index (χ0) is 17.8. The van der Waals surface area contributed by atoms with Gasteiger partial charge in [-0.1, -0.05) is 53.2 Å². The van der Waals surface area contributed by atoms with Crippen molar-refractivity contribution in [3.05, 3.63) is 75.0 Å². The molecule has 2 aromatic carbocycles. The number of hydrogen-bond acceptors (Lipinski definition) is 6. The molecule has 1 N–H and O–H groups in total. The molecule has 0 amide bonds. The Hall–Kier alpha value is -2.35. The number of rotatable bonds is 5. The number of hydrogen-bond donors (Lipinski definition) is 1. The molecule has 1 aromatic heterocycles. The topological polar surface area (TPSA) is 81.0 Å². The largest absolute Gasteiger partial charge is 0.343 e. The maximum absolute atomic E-state index is 11.6. The summed E-state index contributed by atoms with van der Waals surface area (Å²) >= 11 is 13.2. The van der Waals surface area contributed by atoms with Crippen LogP contribution in [0, 0.1) is 10.1 Å². The van der Waals surface area contributed by atoms with E-state index in [1.54, 1.807) is 18.2 Å². The molecule has 25 heavy (non-hydrogen) atoms. The Balaban J connectivity index is 2.01. The van der Waals surface area contributed by atoms with E-state index in [1.807, 2.05) is 30.3 Å². The molecule has 0 aliphatic rings. The second-order valence-electron chi connectivity index (χ2n) is 4.80. The van der Waals surface area contributed by atoms with Crippen LogP contribution in [0.5, 0.6) is 0 Å². The molecule has 0 aliphatic carbocycles. The number of anilines is 2. The lowest BCUT2D eigenvalue weighted by atomic mass is 10.3. The highest BCUT2D eigenvalue weighted by molar-refractivity contribution is 7.99. The summed E-state index contributed by atoms with van der Waals surface area (Å²) in [5.74, 6) is 0.0441. The van der Waals surface area contributed by atoms with Gasteiger partial charge in [0, 0.05) is 9.92 Å². The Kier molecular flexibility index (Phi) is 5.37. The van der Waals surface area contributed by atoms with Crippen LogP contribution in [0.1, 0.15) is 0 Å². The molecule has 0 atom stereocenters. The molecular formula is C16H10Cl2N4O2S. The van der Waals surface area contributed by atoms with Crippen LogP contribution in [0.25, 0.3) is 0 Å². The third kappa shape index (κ3) is 4.19. The lowest BCUT2D eigenvalue weighted by Crippen LogP contribution is -2.03. The molecule has 3 rings (SSSR count). The van der Waals surface area contributed by atoms with Crippen LogP contribution >= 0.6 is 35.0 Å². The first kappa shape index (κ1) is 17.5. The minimum Gasteiger partial charge on any atom is -0.333 e. The van der Waals surface area contributed by atoms with E-state index in [0.29, 0.717) is 15.7 Å². The zero-order valence-electron chi connectivity index (χ0n) is 12.5. The van der Waals surface area contributed by atoms with Gasteiger partial charge in [0.05, 0.1) is 15.6 Å². The zero-order valence-corrected chi connectivity index (χ0v) is 14.8. The summed E-state index contributed by atoms with van der Waals surface area (Å²) in [4.78, 5) is 19.9. The van der Waals surface area contributed by atoms with Gasteiger partial charge in [0.1, 0.15) is 6.33 Å². The molecule has 0 unspecified atom stereocenters. The highest BCUT2D eigenvalue weighted by atomic mass is 35.5. The van der Waals surface area contributed by atoms with Gasteiger partial charge in [-0.25, -0.2) is 9.97 Å². The Bertz CT molecular complexity index is 925. The van der Waals surface area contributed by atoms with Crippen molar-refractivity contribution in [2.75, 3.05) is 5.32 Å². The van der Waals surface area contributed by atoms with Gasteiger partial charge >= 0.3 is 5.69 Å². The maximum atomic E-state index is 11.6. The Morgan fingerprint density at radius 2 is 1.84 bits per heavy atom. The molecule has 1 heterocycles.